The number of ketones is 1. The number of carbonyl (C=O) groups is 1. The van der Waals surface area contributed by atoms with Crippen LogP contribution in [0.1, 0.15) is 68.1 Å². The summed E-state index contributed by atoms with van der Waals surface area (Å²) in [6.45, 7) is 1.85. The molecular formula is C28H36BN3O2. The second-order valence-corrected chi connectivity index (χ2v) is 10.3. The molecule has 2 aromatic rings. The fraction of sp³-hybridized carbons (Fsp3) is 0.500. The highest BCUT2D eigenvalue weighted by atomic mass is 16.3. The van der Waals surface area contributed by atoms with Gasteiger partial charge in [-0.25, -0.2) is 4.98 Å². The Bertz CT molecular complexity index is 1020. The van der Waals surface area contributed by atoms with Crippen molar-refractivity contribution in [3.8, 4) is 5.75 Å². The zero-order chi connectivity index (χ0) is 23.3. The Hall–Kier alpha value is -2.76. The van der Waals surface area contributed by atoms with Crippen molar-refractivity contribution in [2.75, 3.05) is 18.0 Å². The molecule has 5 nitrogen and oxygen atoms in total. The van der Waals surface area contributed by atoms with Gasteiger partial charge in [-0.2, -0.15) is 0 Å². The van der Waals surface area contributed by atoms with Crippen LogP contribution in [0.4, 0.5) is 5.82 Å². The number of hydrogen-bond acceptors (Lipinski definition) is 5. The van der Waals surface area contributed by atoms with Gasteiger partial charge in [0.05, 0.1) is 5.56 Å². The van der Waals surface area contributed by atoms with E-state index in [4.69, 9.17) is 4.98 Å². The van der Waals surface area contributed by atoms with Crippen LogP contribution in [0.2, 0.25) is 5.82 Å². The number of aromatic nitrogens is 1. The largest absolute Gasteiger partial charge is 0.507 e. The summed E-state index contributed by atoms with van der Waals surface area (Å²) in [6.07, 6.45) is 15.7. The van der Waals surface area contributed by atoms with Crippen LogP contribution in [0.3, 0.4) is 0 Å². The van der Waals surface area contributed by atoms with Gasteiger partial charge in [0.2, 0.25) is 0 Å². The minimum atomic E-state index is -0.156. The summed E-state index contributed by atoms with van der Waals surface area (Å²) in [5.74, 6) is 1.77. The van der Waals surface area contributed by atoms with E-state index in [1.807, 2.05) is 6.20 Å². The van der Waals surface area contributed by atoms with Crippen molar-refractivity contribution < 1.29 is 9.90 Å². The highest BCUT2D eigenvalue weighted by molar-refractivity contribution is 6.53. The van der Waals surface area contributed by atoms with Gasteiger partial charge in [0, 0.05) is 43.0 Å². The lowest BCUT2D eigenvalue weighted by Gasteiger charge is -2.34. The first-order valence-electron chi connectivity index (χ1n) is 13.2. The number of fused-ring (bicyclic) bond motifs is 2. The zero-order valence-corrected chi connectivity index (χ0v) is 20.1. The number of aromatic hydroxyl groups is 1. The van der Waals surface area contributed by atoms with Crippen molar-refractivity contribution in [1.82, 2.24) is 9.88 Å². The van der Waals surface area contributed by atoms with Gasteiger partial charge in [0.15, 0.2) is 13.1 Å². The molecule has 1 aromatic heterocycles. The van der Waals surface area contributed by atoms with Gasteiger partial charge in [-0.1, -0.05) is 81.4 Å². The van der Waals surface area contributed by atoms with Crippen molar-refractivity contribution in [3.05, 3.63) is 60.3 Å². The van der Waals surface area contributed by atoms with Gasteiger partial charge in [-0.05, 0) is 24.6 Å². The van der Waals surface area contributed by atoms with Crippen molar-refractivity contribution in [2.24, 2.45) is 0 Å². The first-order chi connectivity index (χ1) is 16.7. The number of likely N-dealkylation sites (tertiary alicyclic amines) is 1. The van der Waals surface area contributed by atoms with E-state index in [-0.39, 0.29) is 11.5 Å². The molecule has 2 atom stereocenters. The molecule has 3 aliphatic rings. The van der Waals surface area contributed by atoms with E-state index in [1.54, 1.807) is 30.3 Å². The highest BCUT2D eigenvalue weighted by Crippen LogP contribution is 2.34. The third-order valence-electron chi connectivity index (χ3n) is 7.93. The maximum absolute atomic E-state index is 12.5. The number of phenolic OH excluding ortho intramolecular Hbond substituents is 1. The molecule has 2 bridgehead atoms. The number of nitrogens with zero attached hydrogens (tertiary/aromatic N) is 3. The molecule has 3 heterocycles. The normalized spacial score (nSPS) is 23.6. The Morgan fingerprint density at radius 2 is 1.71 bits per heavy atom. The molecule has 34 heavy (non-hydrogen) atoms. The molecule has 0 spiro atoms. The van der Waals surface area contributed by atoms with Crippen LogP contribution >= 0.6 is 0 Å². The molecule has 3 fully saturated rings. The van der Waals surface area contributed by atoms with Crippen molar-refractivity contribution >= 4 is 24.5 Å². The van der Waals surface area contributed by atoms with Crippen LogP contribution in [-0.4, -0.2) is 53.2 Å². The number of hydrogen-bond donors (Lipinski definition) is 1. The number of anilines is 1. The van der Waals surface area contributed by atoms with E-state index >= 15 is 0 Å². The summed E-state index contributed by atoms with van der Waals surface area (Å²) in [5, 5.41) is 9.92. The van der Waals surface area contributed by atoms with Crippen LogP contribution in [0.25, 0.3) is 0 Å². The Morgan fingerprint density at radius 3 is 2.44 bits per heavy atom. The lowest BCUT2D eigenvalue weighted by molar-refractivity contribution is 0.104. The Kier molecular flexibility index (Phi) is 7.22. The van der Waals surface area contributed by atoms with Crippen LogP contribution in [0.5, 0.6) is 5.75 Å². The summed E-state index contributed by atoms with van der Waals surface area (Å²) >= 11 is 0. The molecule has 0 amide bonds. The number of rotatable bonds is 6. The summed E-state index contributed by atoms with van der Waals surface area (Å²) < 4.78 is 0. The smallest absolute Gasteiger partial charge is 0.190 e. The number of pyridine rings is 1. The second kappa shape index (κ2) is 10.7. The minimum Gasteiger partial charge on any atom is -0.507 e. The fourth-order valence-electron chi connectivity index (χ4n) is 6.05. The molecule has 0 radical (unpaired) electrons. The second-order valence-electron chi connectivity index (χ2n) is 10.3. The van der Waals surface area contributed by atoms with E-state index in [1.165, 1.54) is 57.0 Å². The van der Waals surface area contributed by atoms with E-state index < -0.39 is 0 Å². The number of benzene rings is 1. The molecule has 6 heteroatoms. The minimum absolute atomic E-state index is 0.0344. The van der Waals surface area contributed by atoms with Crippen LogP contribution in [0.15, 0.2) is 54.7 Å². The van der Waals surface area contributed by atoms with Crippen molar-refractivity contribution in [3.63, 3.8) is 0 Å². The zero-order valence-electron chi connectivity index (χ0n) is 20.1. The van der Waals surface area contributed by atoms with E-state index in [0.717, 1.165) is 38.4 Å². The molecule has 2 aliphatic heterocycles. The number of allylic oxidation sites excluding steroid dienone is 1. The van der Waals surface area contributed by atoms with Gasteiger partial charge in [-0.15, -0.1) is 0 Å². The number of para-hydroxylation sites is 1. The molecule has 5 rings (SSSR count). The van der Waals surface area contributed by atoms with E-state index in [2.05, 4.69) is 28.0 Å². The number of carbonyl (C=O) groups excluding carboxylic acids is 1. The van der Waals surface area contributed by atoms with Crippen LogP contribution in [-0.2, 0) is 0 Å². The molecule has 2 saturated heterocycles. The number of piperazine rings is 1. The molecular weight excluding hydrogens is 421 g/mol. The molecule has 1 aromatic carbocycles. The molecule has 178 valence electrons. The van der Waals surface area contributed by atoms with E-state index in [9.17, 15) is 9.90 Å². The third-order valence-corrected chi connectivity index (χ3v) is 7.93. The monoisotopic (exact) mass is 457 g/mol. The molecule has 1 saturated carbocycles. The topological polar surface area (TPSA) is 56.7 Å². The average molecular weight is 457 g/mol. The fourth-order valence-corrected chi connectivity index (χ4v) is 6.05. The summed E-state index contributed by atoms with van der Waals surface area (Å²) in [4.78, 5) is 22.3. The highest BCUT2D eigenvalue weighted by Gasteiger charge is 2.42. The maximum atomic E-state index is 12.5. The van der Waals surface area contributed by atoms with Gasteiger partial charge in [-0.3, -0.25) is 4.79 Å². The number of phenols is 1. The first-order valence-corrected chi connectivity index (χ1v) is 13.2. The average Bonchev–Trinajstić information content (AvgIpc) is 3.47. The molecule has 1 aliphatic carbocycles. The van der Waals surface area contributed by atoms with Gasteiger partial charge < -0.3 is 14.9 Å². The Morgan fingerprint density at radius 1 is 0.941 bits per heavy atom. The maximum Gasteiger partial charge on any atom is 0.190 e. The first kappa shape index (κ1) is 23.0. The molecule has 1 N–H and O–H groups in total. The Balaban J connectivity index is 1.19. The lowest BCUT2D eigenvalue weighted by atomic mass is 9.58. The summed E-state index contributed by atoms with van der Waals surface area (Å²) in [5.41, 5.74) is 1.60. The van der Waals surface area contributed by atoms with Crippen molar-refractivity contribution in [1.29, 1.82) is 0 Å². The standard InChI is InChI=1S/C28H36BN3O2/c33-25-13-8-7-12-24(25)26(34)16-17-31-19-23-18-22(31)20-32(23)28-15-9-14-27(30-28)29-21-10-5-3-1-2-4-6-11-21/h7-9,12-17,21-23,29,33H,1-6,10-11,18-20H2/b17-16+/t22-,23-/m1/s1. The summed E-state index contributed by atoms with van der Waals surface area (Å²) in [7, 11) is 1.11. The van der Waals surface area contributed by atoms with Gasteiger partial charge >= 0.3 is 0 Å². The third kappa shape index (κ3) is 5.32. The predicted octanol–water partition coefficient (Wildman–Crippen LogP) is 4.43. The van der Waals surface area contributed by atoms with Gasteiger partial charge in [0.1, 0.15) is 11.6 Å². The van der Waals surface area contributed by atoms with E-state index in [0.29, 0.717) is 17.6 Å². The van der Waals surface area contributed by atoms with Crippen LogP contribution < -0.4 is 10.5 Å². The lowest BCUT2D eigenvalue weighted by Crippen LogP contribution is -2.45. The summed E-state index contributed by atoms with van der Waals surface area (Å²) in [6, 6.07) is 14.1. The quantitative estimate of drug-likeness (QED) is 0.395. The van der Waals surface area contributed by atoms with Gasteiger partial charge in [0.25, 0.3) is 0 Å². The SMILES string of the molecule is O=C(/C=C/N1C[C@H]2C[C@@H]1CN2c1cccc(BC2CCCCCCCC2)n1)c1ccccc1O. The van der Waals surface area contributed by atoms with Crippen LogP contribution in [0, 0.1) is 0 Å². The Labute approximate surface area is 204 Å². The molecule has 0 unspecified atom stereocenters. The van der Waals surface area contributed by atoms with Crippen molar-refractivity contribution in [2.45, 2.75) is 75.7 Å². The predicted molar refractivity (Wildman–Crippen MR) is 140 cm³/mol.